The zero-order valence-corrected chi connectivity index (χ0v) is 8.53. The molecule has 0 atom stereocenters. The second-order valence-corrected chi connectivity index (χ2v) is 3.52. The molecule has 15 heavy (non-hydrogen) atoms. The Morgan fingerprint density at radius 1 is 1.40 bits per heavy atom. The van der Waals surface area contributed by atoms with E-state index in [0.717, 1.165) is 23.5 Å². The lowest BCUT2D eigenvalue weighted by atomic mass is 10.1. The fraction of sp³-hybridized carbons (Fsp3) is 0.167. The minimum absolute atomic E-state index is 0.678. The van der Waals surface area contributed by atoms with Crippen LogP contribution in [0.25, 0.3) is 0 Å². The van der Waals surface area contributed by atoms with Gasteiger partial charge in [0.1, 0.15) is 0 Å². The number of carbonyl (C=O) groups is 1. The van der Waals surface area contributed by atoms with Crippen molar-refractivity contribution in [1.82, 2.24) is 5.32 Å². The maximum atomic E-state index is 10.4. The molecule has 1 N–H and O–H groups in total. The Hall–Kier alpha value is -1.90. The zero-order chi connectivity index (χ0) is 10.7. The third-order valence-electron chi connectivity index (χ3n) is 2.27. The maximum absolute atomic E-state index is 10.4. The molecule has 1 aliphatic carbocycles. The average molecular weight is 200 g/mol. The molecule has 0 aromatic rings. The number of amides is 1. The Kier molecular flexibility index (Phi) is 2.63. The van der Waals surface area contributed by atoms with Crippen molar-refractivity contribution in [3.8, 4) is 0 Å². The quantitative estimate of drug-likeness (QED) is 0.679. The van der Waals surface area contributed by atoms with Gasteiger partial charge in [0, 0.05) is 23.5 Å². The predicted molar refractivity (Wildman–Crippen MR) is 60.3 cm³/mol. The Labute approximate surface area is 88.6 Å². The van der Waals surface area contributed by atoms with E-state index in [2.05, 4.69) is 16.4 Å². The molecule has 3 nitrogen and oxygen atoms in total. The van der Waals surface area contributed by atoms with E-state index in [9.17, 15) is 4.79 Å². The van der Waals surface area contributed by atoms with Crippen molar-refractivity contribution in [2.45, 2.75) is 13.3 Å². The van der Waals surface area contributed by atoms with Gasteiger partial charge in [-0.25, -0.2) is 0 Å². The van der Waals surface area contributed by atoms with Crippen LogP contribution in [0.15, 0.2) is 52.3 Å². The van der Waals surface area contributed by atoms with Gasteiger partial charge in [0.15, 0.2) is 0 Å². The van der Waals surface area contributed by atoms with Crippen molar-refractivity contribution >= 4 is 12.1 Å². The van der Waals surface area contributed by atoms with Crippen LogP contribution in [0.2, 0.25) is 0 Å². The third-order valence-corrected chi connectivity index (χ3v) is 2.27. The van der Waals surface area contributed by atoms with E-state index in [1.165, 1.54) is 5.57 Å². The van der Waals surface area contributed by atoms with Gasteiger partial charge >= 0.3 is 0 Å². The fourth-order valence-corrected chi connectivity index (χ4v) is 1.58. The highest BCUT2D eigenvalue weighted by Gasteiger charge is 2.07. The van der Waals surface area contributed by atoms with Crippen molar-refractivity contribution in [2.24, 2.45) is 4.99 Å². The monoisotopic (exact) mass is 200 g/mol. The molecule has 0 saturated carbocycles. The summed E-state index contributed by atoms with van der Waals surface area (Å²) in [6.45, 7) is 1.96. The van der Waals surface area contributed by atoms with Crippen LogP contribution in [-0.4, -0.2) is 12.1 Å². The SMILES string of the molecule is CC1=NC2=CC(NC=O)=CC=C(C=C1)C2. The van der Waals surface area contributed by atoms with Gasteiger partial charge in [0.2, 0.25) is 6.41 Å². The van der Waals surface area contributed by atoms with E-state index in [1.807, 2.05) is 31.2 Å². The number of hydrogen-bond donors (Lipinski definition) is 1. The largest absolute Gasteiger partial charge is 0.329 e. The maximum Gasteiger partial charge on any atom is 0.211 e. The normalized spacial score (nSPS) is 19.0. The van der Waals surface area contributed by atoms with Gasteiger partial charge in [0.25, 0.3) is 0 Å². The highest BCUT2D eigenvalue weighted by molar-refractivity contribution is 5.94. The Balaban J connectivity index is 2.41. The summed E-state index contributed by atoms with van der Waals surface area (Å²) in [5, 5.41) is 2.64. The van der Waals surface area contributed by atoms with Crippen molar-refractivity contribution in [3.05, 3.63) is 47.3 Å². The van der Waals surface area contributed by atoms with Gasteiger partial charge in [-0.05, 0) is 30.7 Å². The van der Waals surface area contributed by atoms with E-state index in [1.54, 1.807) is 0 Å². The number of aliphatic imine (C=N–C) groups is 1. The van der Waals surface area contributed by atoms with E-state index >= 15 is 0 Å². The van der Waals surface area contributed by atoms with Gasteiger partial charge in [-0.1, -0.05) is 12.2 Å². The van der Waals surface area contributed by atoms with E-state index in [0.29, 0.717) is 6.41 Å². The first-order valence-electron chi connectivity index (χ1n) is 4.83. The zero-order valence-electron chi connectivity index (χ0n) is 8.53. The summed E-state index contributed by atoms with van der Waals surface area (Å²) in [5.74, 6) is 0. The molecule has 2 aliphatic rings. The molecule has 1 amide bonds. The van der Waals surface area contributed by atoms with Crippen molar-refractivity contribution < 1.29 is 4.79 Å². The van der Waals surface area contributed by atoms with Crippen molar-refractivity contribution in [3.63, 3.8) is 0 Å². The summed E-state index contributed by atoms with van der Waals surface area (Å²) in [6, 6.07) is 0. The van der Waals surface area contributed by atoms with Crippen LogP contribution < -0.4 is 5.32 Å². The van der Waals surface area contributed by atoms with Crippen molar-refractivity contribution in [1.29, 1.82) is 0 Å². The first-order valence-corrected chi connectivity index (χ1v) is 4.83. The lowest BCUT2D eigenvalue weighted by molar-refractivity contribution is -0.108. The molecule has 1 heterocycles. The van der Waals surface area contributed by atoms with Gasteiger partial charge < -0.3 is 5.32 Å². The molecular formula is C12H12N2O. The van der Waals surface area contributed by atoms with Crippen molar-refractivity contribution in [2.75, 3.05) is 0 Å². The van der Waals surface area contributed by atoms with Crippen LogP contribution in [-0.2, 0) is 4.79 Å². The average Bonchev–Trinajstić information content (AvgIpc) is 2.48. The summed E-state index contributed by atoms with van der Waals surface area (Å²) in [7, 11) is 0. The summed E-state index contributed by atoms with van der Waals surface area (Å²) in [6.07, 6.45) is 11.3. The van der Waals surface area contributed by atoms with Gasteiger partial charge in [-0.3, -0.25) is 9.79 Å². The molecule has 0 fully saturated rings. The minimum Gasteiger partial charge on any atom is -0.329 e. The fourth-order valence-electron chi connectivity index (χ4n) is 1.58. The van der Waals surface area contributed by atoms with Crippen LogP contribution in [0.1, 0.15) is 13.3 Å². The standard InChI is InChI=1S/C12H12N2O/c1-9-2-3-10-4-5-11(13-8-15)7-12(6-10)14-9/h2-5,7-8H,6H2,1H3,(H,13,15). The Morgan fingerprint density at radius 2 is 2.27 bits per heavy atom. The number of rotatable bonds is 2. The molecule has 3 heteroatoms. The second kappa shape index (κ2) is 4.09. The highest BCUT2D eigenvalue weighted by atomic mass is 16.1. The van der Waals surface area contributed by atoms with Gasteiger partial charge in [-0.15, -0.1) is 0 Å². The van der Waals surface area contributed by atoms with E-state index < -0.39 is 0 Å². The predicted octanol–water partition coefficient (Wildman–Crippen LogP) is 1.86. The molecular weight excluding hydrogens is 188 g/mol. The molecule has 0 radical (unpaired) electrons. The minimum atomic E-state index is 0.678. The molecule has 0 aromatic carbocycles. The number of fused-ring (bicyclic) bond motifs is 2. The second-order valence-electron chi connectivity index (χ2n) is 3.52. The number of allylic oxidation sites excluding steroid dienone is 6. The number of nitrogens with one attached hydrogen (secondary N) is 1. The number of hydrogen-bond acceptors (Lipinski definition) is 2. The molecule has 0 spiro atoms. The molecule has 76 valence electrons. The lowest BCUT2D eigenvalue weighted by Gasteiger charge is -2.00. The van der Waals surface area contributed by atoms with E-state index in [4.69, 9.17) is 0 Å². The van der Waals surface area contributed by atoms with Crippen LogP contribution in [0.5, 0.6) is 0 Å². The van der Waals surface area contributed by atoms with Crippen LogP contribution in [0.3, 0.4) is 0 Å². The first kappa shape index (κ1) is 9.65. The third kappa shape index (κ3) is 2.31. The summed E-state index contributed by atoms with van der Waals surface area (Å²) < 4.78 is 0. The molecule has 1 aliphatic heterocycles. The topological polar surface area (TPSA) is 41.5 Å². The molecule has 0 unspecified atom stereocenters. The van der Waals surface area contributed by atoms with Gasteiger partial charge in [-0.2, -0.15) is 0 Å². The van der Waals surface area contributed by atoms with Gasteiger partial charge in [0.05, 0.1) is 0 Å². The Bertz CT molecular complexity index is 437. The smallest absolute Gasteiger partial charge is 0.211 e. The molecule has 0 saturated heterocycles. The van der Waals surface area contributed by atoms with Crippen LogP contribution in [0.4, 0.5) is 0 Å². The lowest BCUT2D eigenvalue weighted by Crippen LogP contribution is -2.07. The molecule has 2 rings (SSSR count). The van der Waals surface area contributed by atoms with Crippen LogP contribution in [0, 0.1) is 0 Å². The van der Waals surface area contributed by atoms with E-state index in [-0.39, 0.29) is 0 Å². The summed E-state index contributed by atoms with van der Waals surface area (Å²) >= 11 is 0. The summed E-state index contributed by atoms with van der Waals surface area (Å²) in [5.41, 5.74) is 3.94. The highest BCUT2D eigenvalue weighted by Crippen LogP contribution is 2.21. The van der Waals surface area contributed by atoms with Crippen LogP contribution >= 0.6 is 0 Å². The summed E-state index contributed by atoms with van der Waals surface area (Å²) in [4.78, 5) is 14.8. The number of carbonyl (C=O) groups excluding carboxylic acids is 1. The molecule has 0 aromatic heterocycles. The first-order chi connectivity index (χ1) is 7.28. The molecule has 2 bridgehead atoms. The number of nitrogens with zero attached hydrogens (tertiary/aromatic N) is 1. The Morgan fingerprint density at radius 3 is 3.07 bits per heavy atom.